The summed E-state index contributed by atoms with van der Waals surface area (Å²) < 4.78 is 5.51. The van der Waals surface area contributed by atoms with Crippen LogP contribution in [0.3, 0.4) is 0 Å². The first-order chi connectivity index (χ1) is 14.2. The average molecular weight is 386 g/mol. The van der Waals surface area contributed by atoms with Crippen LogP contribution in [0.25, 0.3) is 22.2 Å². The zero-order valence-corrected chi connectivity index (χ0v) is 16.0. The summed E-state index contributed by atoms with van der Waals surface area (Å²) in [6.45, 7) is 1.47. The molecule has 3 heterocycles. The quantitative estimate of drug-likeness (QED) is 0.574. The SMILES string of the molecule is OC1(Cc2cc(-c3ccccc3)no2)CCN(c2ncnc3ccccc23)CC1. The van der Waals surface area contributed by atoms with E-state index in [4.69, 9.17) is 4.52 Å². The molecule has 1 saturated heterocycles. The van der Waals surface area contributed by atoms with Crippen LogP contribution in [0.5, 0.6) is 0 Å². The smallest absolute Gasteiger partial charge is 0.140 e. The number of para-hydroxylation sites is 1. The van der Waals surface area contributed by atoms with Crippen LogP contribution in [0, 0.1) is 0 Å². The first kappa shape index (κ1) is 17.8. The predicted octanol–water partition coefficient (Wildman–Crippen LogP) is 3.86. The van der Waals surface area contributed by atoms with Crippen molar-refractivity contribution in [3.63, 3.8) is 0 Å². The van der Waals surface area contributed by atoms with Crippen molar-refractivity contribution in [1.29, 1.82) is 0 Å². The van der Waals surface area contributed by atoms with Crippen molar-refractivity contribution in [2.24, 2.45) is 0 Å². The molecular weight excluding hydrogens is 364 g/mol. The topological polar surface area (TPSA) is 75.3 Å². The molecule has 1 fully saturated rings. The first-order valence-electron chi connectivity index (χ1n) is 9.88. The number of hydrogen-bond acceptors (Lipinski definition) is 6. The maximum Gasteiger partial charge on any atom is 0.140 e. The summed E-state index contributed by atoms with van der Waals surface area (Å²) in [5.74, 6) is 1.65. The lowest BCUT2D eigenvalue weighted by Gasteiger charge is -2.38. The third-order valence-corrected chi connectivity index (χ3v) is 5.65. The van der Waals surface area contributed by atoms with E-state index in [1.165, 1.54) is 0 Å². The maximum atomic E-state index is 11.1. The summed E-state index contributed by atoms with van der Waals surface area (Å²) in [7, 11) is 0. The normalized spacial score (nSPS) is 16.2. The van der Waals surface area contributed by atoms with Crippen LogP contribution in [0.2, 0.25) is 0 Å². The molecule has 0 radical (unpaired) electrons. The highest BCUT2D eigenvalue weighted by Crippen LogP contribution is 2.32. The molecule has 0 unspecified atom stereocenters. The number of anilines is 1. The number of benzene rings is 2. The van der Waals surface area contributed by atoms with Crippen molar-refractivity contribution < 1.29 is 9.63 Å². The second-order valence-electron chi connectivity index (χ2n) is 7.65. The number of aliphatic hydroxyl groups is 1. The standard InChI is InChI=1S/C23H22N4O2/c28-23(15-18-14-21(26-29-18)17-6-2-1-3-7-17)10-12-27(13-11-23)22-19-8-4-5-9-20(19)24-16-25-22/h1-9,14,16,28H,10-13,15H2. The number of aromatic nitrogens is 3. The van der Waals surface area contributed by atoms with Gasteiger partial charge in [-0.15, -0.1) is 0 Å². The molecule has 0 spiro atoms. The Morgan fingerprint density at radius 1 is 0.966 bits per heavy atom. The van der Waals surface area contributed by atoms with Crippen molar-refractivity contribution in [2.45, 2.75) is 24.9 Å². The van der Waals surface area contributed by atoms with E-state index in [1.807, 2.05) is 60.7 Å². The minimum absolute atomic E-state index is 0.463. The molecule has 146 valence electrons. The van der Waals surface area contributed by atoms with Gasteiger partial charge in [0.15, 0.2) is 0 Å². The lowest BCUT2D eigenvalue weighted by Crippen LogP contribution is -2.46. The third-order valence-electron chi connectivity index (χ3n) is 5.65. The maximum absolute atomic E-state index is 11.1. The van der Waals surface area contributed by atoms with Gasteiger partial charge in [0, 0.05) is 36.5 Å². The second-order valence-corrected chi connectivity index (χ2v) is 7.65. The Kier molecular flexibility index (Phi) is 4.48. The fourth-order valence-corrected chi connectivity index (χ4v) is 4.02. The molecular formula is C23H22N4O2. The van der Waals surface area contributed by atoms with Crippen LogP contribution in [0.15, 0.2) is 71.5 Å². The van der Waals surface area contributed by atoms with Gasteiger partial charge in [-0.25, -0.2) is 9.97 Å². The lowest BCUT2D eigenvalue weighted by molar-refractivity contribution is 0.0109. The van der Waals surface area contributed by atoms with Crippen LogP contribution in [0.1, 0.15) is 18.6 Å². The lowest BCUT2D eigenvalue weighted by atomic mass is 9.87. The summed E-state index contributed by atoms with van der Waals surface area (Å²) in [6.07, 6.45) is 3.36. The van der Waals surface area contributed by atoms with Gasteiger partial charge in [-0.3, -0.25) is 0 Å². The van der Waals surface area contributed by atoms with E-state index >= 15 is 0 Å². The zero-order chi connectivity index (χ0) is 19.7. The molecule has 2 aromatic heterocycles. The van der Waals surface area contributed by atoms with E-state index in [-0.39, 0.29) is 0 Å². The van der Waals surface area contributed by atoms with E-state index in [2.05, 4.69) is 20.0 Å². The van der Waals surface area contributed by atoms with Gasteiger partial charge in [0.1, 0.15) is 23.6 Å². The van der Waals surface area contributed by atoms with E-state index in [0.717, 1.165) is 41.1 Å². The molecule has 1 aliphatic rings. The predicted molar refractivity (Wildman–Crippen MR) is 112 cm³/mol. The molecule has 1 N–H and O–H groups in total. The van der Waals surface area contributed by atoms with Gasteiger partial charge >= 0.3 is 0 Å². The highest BCUT2D eigenvalue weighted by molar-refractivity contribution is 5.89. The van der Waals surface area contributed by atoms with Crippen LogP contribution >= 0.6 is 0 Å². The molecule has 6 heteroatoms. The fourth-order valence-electron chi connectivity index (χ4n) is 4.02. The first-order valence-corrected chi connectivity index (χ1v) is 9.88. The van der Waals surface area contributed by atoms with E-state index < -0.39 is 5.60 Å². The highest BCUT2D eigenvalue weighted by Gasteiger charge is 2.34. The summed E-state index contributed by atoms with van der Waals surface area (Å²) in [6, 6.07) is 19.9. The molecule has 0 aliphatic carbocycles. The van der Waals surface area contributed by atoms with Gasteiger partial charge in [-0.2, -0.15) is 0 Å². The minimum Gasteiger partial charge on any atom is -0.389 e. The summed E-state index contributed by atoms with van der Waals surface area (Å²) in [4.78, 5) is 11.1. The molecule has 0 atom stereocenters. The largest absolute Gasteiger partial charge is 0.389 e. The van der Waals surface area contributed by atoms with Gasteiger partial charge in [0.05, 0.1) is 11.1 Å². The van der Waals surface area contributed by atoms with E-state index in [0.29, 0.717) is 25.0 Å². The van der Waals surface area contributed by atoms with Crippen molar-refractivity contribution in [3.05, 3.63) is 72.8 Å². The number of rotatable bonds is 4. The molecule has 5 rings (SSSR count). The number of hydrogen-bond donors (Lipinski definition) is 1. The van der Waals surface area contributed by atoms with Gasteiger partial charge in [-0.05, 0) is 25.0 Å². The third kappa shape index (κ3) is 3.59. The second kappa shape index (κ2) is 7.29. The number of piperidine rings is 1. The average Bonchev–Trinajstić information content (AvgIpc) is 3.22. The fraction of sp³-hybridized carbons (Fsp3) is 0.261. The number of fused-ring (bicyclic) bond motifs is 1. The zero-order valence-electron chi connectivity index (χ0n) is 16.0. The minimum atomic E-state index is -0.799. The van der Waals surface area contributed by atoms with Gasteiger partial charge in [-0.1, -0.05) is 47.6 Å². The van der Waals surface area contributed by atoms with Crippen LogP contribution in [-0.2, 0) is 6.42 Å². The molecule has 6 nitrogen and oxygen atoms in total. The number of nitrogens with zero attached hydrogens (tertiary/aromatic N) is 4. The van der Waals surface area contributed by atoms with Crippen molar-refractivity contribution >= 4 is 16.7 Å². The van der Waals surface area contributed by atoms with Crippen LogP contribution in [-0.4, -0.2) is 38.9 Å². The Morgan fingerprint density at radius 2 is 1.72 bits per heavy atom. The highest BCUT2D eigenvalue weighted by atomic mass is 16.5. The summed E-state index contributed by atoms with van der Waals surface area (Å²) in [5.41, 5.74) is 1.95. The van der Waals surface area contributed by atoms with Gasteiger partial charge in [0.25, 0.3) is 0 Å². The van der Waals surface area contributed by atoms with Crippen LogP contribution < -0.4 is 4.90 Å². The Labute approximate surface area is 168 Å². The van der Waals surface area contributed by atoms with Crippen molar-refractivity contribution in [3.8, 4) is 11.3 Å². The summed E-state index contributed by atoms with van der Waals surface area (Å²) >= 11 is 0. The Balaban J connectivity index is 1.29. The van der Waals surface area contributed by atoms with Gasteiger partial charge in [0.2, 0.25) is 0 Å². The Bertz CT molecular complexity index is 1110. The molecule has 0 bridgehead atoms. The molecule has 1 aliphatic heterocycles. The molecule has 0 saturated carbocycles. The molecule has 2 aromatic carbocycles. The Morgan fingerprint density at radius 3 is 2.55 bits per heavy atom. The Hall–Kier alpha value is -3.25. The monoisotopic (exact) mass is 386 g/mol. The van der Waals surface area contributed by atoms with E-state index in [1.54, 1.807) is 6.33 Å². The van der Waals surface area contributed by atoms with Crippen molar-refractivity contribution in [1.82, 2.24) is 15.1 Å². The van der Waals surface area contributed by atoms with Gasteiger partial charge < -0.3 is 14.5 Å². The molecule has 29 heavy (non-hydrogen) atoms. The van der Waals surface area contributed by atoms with Crippen LogP contribution in [0.4, 0.5) is 5.82 Å². The molecule has 0 amide bonds. The summed E-state index contributed by atoms with van der Waals surface area (Å²) in [5, 5.41) is 16.3. The van der Waals surface area contributed by atoms with Crippen molar-refractivity contribution in [2.75, 3.05) is 18.0 Å². The molecule has 4 aromatic rings. The van der Waals surface area contributed by atoms with E-state index in [9.17, 15) is 5.11 Å².